The van der Waals surface area contributed by atoms with Gasteiger partial charge in [-0.3, -0.25) is 4.79 Å². The number of hydrogen-bond donors (Lipinski definition) is 0. The summed E-state index contributed by atoms with van der Waals surface area (Å²) in [5.74, 6) is -0.765. The molecule has 4 nitrogen and oxygen atoms in total. The lowest BCUT2D eigenvalue weighted by Gasteiger charge is -2.19. The Morgan fingerprint density at radius 3 is 2.08 bits per heavy atom. The van der Waals surface area contributed by atoms with Crippen LogP contribution >= 0.6 is 0 Å². The molecule has 0 unspecified atom stereocenters. The quantitative estimate of drug-likeness (QED) is 0.711. The molecular formula is C21H26O4S. The average Bonchev–Trinajstić information content (AvgIpc) is 2.58. The lowest BCUT2D eigenvalue weighted by molar-refractivity contribution is -0.144. The van der Waals surface area contributed by atoms with Crippen LogP contribution in [0.4, 0.5) is 0 Å². The maximum atomic E-state index is 12.2. The lowest BCUT2D eigenvalue weighted by Crippen LogP contribution is -2.14. The summed E-state index contributed by atoms with van der Waals surface area (Å²) in [6.07, 6.45) is -0.156. The van der Waals surface area contributed by atoms with E-state index < -0.39 is 15.8 Å². The van der Waals surface area contributed by atoms with E-state index in [1.54, 1.807) is 24.3 Å². The standard InChI is InChI=1S/C21H26O4S/c1-16-5-11-19(12-6-16)26(23,24)14-13-20(22)25-15-17-7-9-18(10-8-17)21(2,3)4/h5-12H,13-15H2,1-4H3. The van der Waals surface area contributed by atoms with Crippen LogP contribution in [0.25, 0.3) is 0 Å². The maximum absolute atomic E-state index is 12.2. The molecule has 0 aliphatic heterocycles. The fraction of sp³-hybridized carbons (Fsp3) is 0.381. The van der Waals surface area contributed by atoms with Crippen LogP contribution in [0.3, 0.4) is 0 Å². The van der Waals surface area contributed by atoms with Crippen LogP contribution in [-0.2, 0) is 31.4 Å². The molecule has 2 aromatic carbocycles. The average molecular weight is 375 g/mol. The summed E-state index contributed by atoms with van der Waals surface area (Å²) in [6, 6.07) is 14.5. The van der Waals surface area contributed by atoms with Crippen molar-refractivity contribution in [2.45, 2.75) is 51.0 Å². The number of rotatable bonds is 6. The van der Waals surface area contributed by atoms with Crippen molar-refractivity contribution in [1.29, 1.82) is 0 Å². The minimum atomic E-state index is -3.48. The molecule has 0 amide bonds. The highest BCUT2D eigenvalue weighted by atomic mass is 32.2. The monoisotopic (exact) mass is 374 g/mol. The van der Waals surface area contributed by atoms with Gasteiger partial charge < -0.3 is 4.74 Å². The van der Waals surface area contributed by atoms with Gasteiger partial charge in [0, 0.05) is 0 Å². The molecule has 0 saturated carbocycles. The maximum Gasteiger partial charge on any atom is 0.307 e. The minimum Gasteiger partial charge on any atom is -0.461 e. The van der Waals surface area contributed by atoms with Gasteiger partial charge >= 0.3 is 5.97 Å². The molecular weight excluding hydrogens is 348 g/mol. The molecule has 2 rings (SSSR count). The van der Waals surface area contributed by atoms with Crippen LogP contribution in [0.5, 0.6) is 0 Å². The van der Waals surface area contributed by atoms with E-state index in [0.29, 0.717) is 0 Å². The zero-order chi connectivity index (χ0) is 19.4. The van der Waals surface area contributed by atoms with Crippen molar-refractivity contribution in [3.63, 3.8) is 0 Å². The third-order valence-corrected chi connectivity index (χ3v) is 5.91. The van der Waals surface area contributed by atoms with E-state index in [9.17, 15) is 13.2 Å². The first-order valence-corrected chi connectivity index (χ1v) is 10.3. The largest absolute Gasteiger partial charge is 0.461 e. The first-order chi connectivity index (χ1) is 12.1. The molecule has 0 bridgehead atoms. The minimum absolute atomic E-state index is 0.0690. The number of hydrogen-bond acceptors (Lipinski definition) is 4. The number of carbonyl (C=O) groups excluding carboxylic acids is 1. The molecule has 0 radical (unpaired) electrons. The normalized spacial score (nSPS) is 12.0. The Morgan fingerprint density at radius 1 is 0.962 bits per heavy atom. The van der Waals surface area contributed by atoms with E-state index in [2.05, 4.69) is 20.8 Å². The predicted octanol–water partition coefficient (Wildman–Crippen LogP) is 4.20. The van der Waals surface area contributed by atoms with Gasteiger partial charge in [0.1, 0.15) is 6.61 Å². The molecule has 0 aliphatic carbocycles. The molecule has 2 aromatic rings. The molecule has 26 heavy (non-hydrogen) atoms. The van der Waals surface area contributed by atoms with Crippen molar-refractivity contribution < 1.29 is 17.9 Å². The van der Waals surface area contributed by atoms with Crippen molar-refractivity contribution in [2.24, 2.45) is 0 Å². The molecule has 0 aromatic heterocycles. The SMILES string of the molecule is Cc1ccc(S(=O)(=O)CCC(=O)OCc2ccc(C(C)(C)C)cc2)cc1. The summed E-state index contributed by atoms with van der Waals surface area (Å²) in [7, 11) is -3.48. The van der Waals surface area contributed by atoms with Crippen LogP contribution in [0.1, 0.15) is 43.9 Å². The number of carbonyl (C=O) groups is 1. The zero-order valence-corrected chi connectivity index (χ0v) is 16.6. The van der Waals surface area contributed by atoms with Gasteiger partial charge in [0.05, 0.1) is 17.1 Å². The summed E-state index contributed by atoms with van der Waals surface area (Å²) >= 11 is 0. The number of aryl methyl sites for hydroxylation is 1. The third kappa shape index (κ3) is 5.70. The second-order valence-corrected chi connectivity index (χ2v) is 9.60. The van der Waals surface area contributed by atoms with Gasteiger partial charge in [-0.15, -0.1) is 0 Å². The molecule has 0 aliphatic rings. The number of esters is 1. The Morgan fingerprint density at radius 2 is 1.54 bits per heavy atom. The van der Waals surface area contributed by atoms with Crippen LogP contribution in [-0.4, -0.2) is 20.1 Å². The van der Waals surface area contributed by atoms with Crippen molar-refractivity contribution in [2.75, 3.05) is 5.75 Å². The highest BCUT2D eigenvalue weighted by Crippen LogP contribution is 2.22. The first kappa shape index (κ1) is 20.2. The number of sulfone groups is 1. The van der Waals surface area contributed by atoms with E-state index in [-0.39, 0.29) is 29.1 Å². The highest BCUT2D eigenvalue weighted by molar-refractivity contribution is 7.91. The Balaban J connectivity index is 1.86. The summed E-state index contributed by atoms with van der Waals surface area (Å²) in [5, 5.41) is 0. The second kappa shape index (κ2) is 8.04. The fourth-order valence-electron chi connectivity index (χ4n) is 2.42. The second-order valence-electron chi connectivity index (χ2n) is 7.49. The Labute approximate surface area is 156 Å². The Kier molecular flexibility index (Phi) is 6.24. The molecule has 140 valence electrons. The van der Waals surface area contributed by atoms with E-state index in [0.717, 1.165) is 11.1 Å². The fourth-order valence-corrected chi connectivity index (χ4v) is 3.64. The van der Waals surface area contributed by atoms with Crippen molar-refractivity contribution in [3.05, 3.63) is 65.2 Å². The third-order valence-electron chi connectivity index (χ3n) is 4.17. The van der Waals surface area contributed by atoms with E-state index in [1.807, 2.05) is 31.2 Å². The predicted molar refractivity (Wildman–Crippen MR) is 103 cm³/mol. The molecule has 0 spiro atoms. The first-order valence-electron chi connectivity index (χ1n) is 8.62. The van der Waals surface area contributed by atoms with E-state index in [1.165, 1.54) is 5.56 Å². The molecule has 0 heterocycles. The molecule has 0 fully saturated rings. The summed E-state index contributed by atoms with van der Waals surface area (Å²) < 4.78 is 29.7. The topological polar surface area (TPSA) is 60.4 Å². The Bertz CT molecular complexity index is 842. The zero-order valence-electron chi connectivity index (χ0n) is 15.8. The molecule has 0 saturated heterocycles. The summed E-state index contributed by atoms with van der Waals surface area (Å²) in [5.41, 5.74) is 3.14. The number of ether oxygens (including phenoxy) is 1. The highest BCUT2D eigenvalue weighted by Gasteiger charge is 2.17. The van der Waals surface area contributed by atoms with E-state index >= 15 is 0 Å². The van der Waals surface area contributed by atoms with Gasteiger partial charge in [-0.05, 0) is 35.6 Å². The van der Waals surface area contributed by atoms with Crippen molar-refractivity contribution in [3.8, 4) is 0 Å². The summed E-state index contributed by atoms with van der Waals surface area (Å²) in [6.45, 7) is 8.44. The van der Waals surface area contributed by atoms with Crippen molar-refractivity contribution in [1.82, 2.24) is 0 Å². The molecule has 5 heteroatoms. The Hall–Kier alpha value is -2.14. The lowest BCUT2D eigenvalue weighted by atomic mass is 9.87. The van der Waals surface area contributed by atoms with Gasteiger partial charge in [-0.25, -0.2) is 8.42 Å². The van der Waals surface area contributed by atoms with Gasteiger partial charge in [-0.1, -0.05) is 62.7 Å². The van der Waals surface area contributed by atoms with Gasteiger partial charge in [0.25, 0.3) is 0 Å². The van der Waals surface area contributed by atoms with Gasteiger partial charge in [0.15, 0.2) is 9.84 Å². The molecule has 0 N–H and O–H groups in total. The van der Waals surface area contributed by atoms with Crippen LogP contribution < -0.4 is 0 Å². The summed E-state index contributed by atoms with van der Waals surface area (Å²) in [4.78, 5) is 12.1. The van der Waals surface area contributed by atoms with Gasteiger partial charge in [0.2, 0.25) is 0 Å². The van der Waals surface area contributed by atoms with Crippen LogP contribution in [0.15, 0.2) is 53.4 Å². The smallest absolute Gasteiger partial charge is 0.307 e. The molecule has 0 atom stereocenters. The van der Waals surface area contributed by atoms with Gasteiger partial charge in [-0.2, -0.15) is 0 Å². The number of benzene rings is 2. The van der Waals surface area contributed by atoms with Crippen LogP contribution in [0, 0.1) is 6.92 Å². The van der Waals surface area contributed by atoms with E-state index in [4.69, 9.17) is 4.74 Å². The van der Waals surface area contributed by atoms with Crippen LogP contribution in [0.2, 0.25) is 0 Å². The van der Waals surface area contributed by atoms with Crippen molar-refractivity contribution >= 4 is 15.8 Å².